The molecule has 1 atom stereocenters. The number of nitrogens with zero attached hydrogens (tertiary/aromatic N) is 1. The van der Waals surface area contributed by atoms with E-state index in [4.69, 9.17) is 0 Å². The van der Waals surface area contributed by atoms with Crippen molar-refractivity contribution in [2.24, 2.45) is 0 Å². The van der Waals surface area contributed by atoms with Crippen molar-refractivity contribution in [1.29, 1.82) is 0 Å². The first kappa shape index (κ1) is 10.8. The molecule has 84 valence electrons. The van der Waals surface area contributed by atoms with E-state index in [0.29, 0.717) is 0 Å². The zero-order chi connectivity index (χ0) is 11.5. The van der Waals surface area contributed by atoms with Crippen molar-refractivity contribution in [3.63, 3.8) is 0 Å². The summed E-state index contributed by atoms with van der Waals surface area (Å²) in [7, 11) is 0. The van der Waals surface area contributed by atoms with Crippen molar-refractivity contribution >= 4 is 0 Å². The fraction of sp³-hybridized carbons (Fsp3) is 0.250. The van der Waals surface area contributed by atoms with E-state index in [1.807, 2.05) is 6.92 Å². The van der Waals surface area contributed by atoms with Crippen LogP contribution in [0.5, 0.6) is 0 Å². The smallest absolute Gasteiger partial charge is 0.123 e. The second-order valence-corrected chi connectivity index (χ2v) is 3.71. The molecule has 1 heterocycles. The Kier molecular flexibility index (Phi) is 3.01. The van der Waals surface area contributed by atoms with Crippen LogP contribution in [0.1, 0.15) is 23.0 Å². The summed E-state index contributed by atoms with van der Waals surface area (Å²) in [4.78, 5) is 7.16. The van der Waals surface area contributed by atoms with E-state index in [0.717, 1.165) is 17.1 Å². The number of aliphatic hydroxyl groups excluding tert-OH is 1. The average molecular weight is 220 g/mol. The van der Waals surface area contributed by atoms with Gasteiger partial charge in [-0.1, -0.05) is 12.1 Å². The Morgan fingerprint density at radius 2 is 2.06 bits per heavy atom. The summed E-state index contributed by atoms with van der Waals surface area (Å²) in [5.74, 6) is 0.346. The number of aliphatic hydroxyl groups is 1. The van der Waals surface area contributed by atoms with Gasteiger partial charge >= 0.3 is 0 Å². The molecular formula is C12H13FN2O. The predicted molar refractivity (Wildman–Crippen MR) is 58.7 cm³/mol. The van der Waals surface area contributed by atoms with Gasteiger partial charge in [-0.05, 0) is 24.6 Å². The number of nitrogens with one attached hydrogen (secondary N) is 1. The van der Waals surface area contributed by atoms with Gasteiger partial charge in [0.2, 0.25) is 0 Å². The topological polar surface area (TPSA) is 48.9 Å². The maximum Gasteiger partial charge on any atom is 0.123 e. The van der Waals surface area contributed by atoms with Crippen molar-refractivity contribution < 1.29 is 9.50 Å². The molecule has 0 aliphatic heterocycles. The average Bonchev–Trinajstić information content (AvgIpc) is 2.69. The number of aromatic nitrogens is 2. The molecule has 0 saturated heterocycles. The van der Waals surface area contributed by atoms with Crippen molar-refractivity contribution in [1.82, 2.24) is 9.97 Å². The molecule has 0 spiro atoms. The van der Waals surface area contributed by atoms with E-state index in [9.17, 15) is 9.50 Å². The van der Waals surface area contributed by atoms with Gasteiger partial charge in [-0.2, -0.15) is 0 Å². The monoisotopic (exact) mass is 220 g/mol. The highest BCUT2D eigenvalue weighted by molar-refractivity contribution is 5.28. The molecule has 1 unspecified atom stereocenters. The Balaban J connectivity index is 2.32. The number of aryl methyl sites for hydroxylation is 1. The molecule has 0 aliphatic carbocycles. The SMILES string of the molecule is Cc1ncc(C(CO)c2ccc(F)cc2)[nH]1. The zero-order valence-corrected chi connectivity index (χ0v) is 8.94. The summed E-state index contributed by atoms with van der Waals surface area (Å²) in [6.45, 7) is 1.82. The number of rotatable bonds is 3. The third-order valence-corrected chi connectivity index (χ3v) is 2.55. The van der Waals surface area contributed by atoms with Gasteiger partial charge in [-0.25, -0.2) is 9.37 Å². The number of H-pyrrole nitrogens is 1. The normalized spacial score (nSPS) is 12.7. The number of hydrogen-bond donors (Lipinski definition) is 2. The van der Waals surface area contributed by atoms with Crippen molar-refractivity contribution in [2.75, 3.05) is 6.61 Å². The molecule has 0 saturated carbocycles. The van der Waals surface area contributed by atoms with Gasteiger partial charge in [0, 0.05) is 17.8 Å². The quantitative estimate of drug-likeness (QED) is 0.831. The third kappa shape index (κ3) is 2.12. The van der Waals surface area contributed by atoms with Gasteiger partial charge in [0.05, 0.1) is 6.61 Å². The van der Waals surface area contributed by atoms with Crippen LogP contribution in [-0.2, 0) is 0 Å². The second-order valence-electron chi connectivity index (χ2n) is 3.71. The Labute approximate surface area is 93.0 Å². The summed E-state index contributed by atoms with van der Waals surface area (Å²) < 4.78 is 12.8. The minimum Gasteiger partial charge on any atom is -0.395 e. The Morgan fingerprint density at radius 3 is 2.56 bits per heavy atom. The fourth-order valence-corrected chi connectivity index (χ4v) is 1.70. The Bertz CT molecular complexity index is 464. The van der Waals surface area contributed by atoms with Gasteiger partial charge in [0.25, 0.3) is 0 Å². The molecule has 2 N–H and O–H groups in total. The minimum absolute atomic E-state index is 0.0345. The van der Waals surface area contributed by atoms with Crippen LogP contribution in [-0.4, -0.2) is 21.7 Å². The van der Waals surface area contributed by atoms with Crippen molar-refractivity contribution in [2.45, 2.75) is 12.8 Å². The Morgan fingerprint density at radius 1 is 1.38 bits per heavy atom. The van der Waals surface area contributed by atoms with Crippen LogP contribution in [0, 0.1) is 12.7 Å². The van der Waals surface area contributed by atoms with E-state index in [1.54, 1.807) is 18.3 Å². The number of hydrogen-bond acceptors (Lipinski definition) is 2. The van der Waals surface area contributed by atoms with Crippen LogP contribution in [0.15, 0.2) is 30.5 Å². The lowest BCUT2D eigenvalue weighted by atomic mass is 9.97. The molecular weight excluding hydrogens is 207 g/mol. The van der Waals surface area contributed by atoms with Gasteiger partial charge in [-0.15, -0.1) is 0 Å². The maximum absolute atomic E-state index is 12.8. The van der Waals surface area contributed by atoms with Crippen molar-refractivity contribution in [3.05, 3.63) is 53.4 Å². The van der Waals surface area contributed by atoms with Gasteiger partial charge < -0.3 is 10.1 Å². The number of benzene rings is 1. The molecule has 0 amide bonds. The van der Waals surface area contributed by atoms with Gasteiger partial charge in [0.1, 0.15) is 11.6 Å². The summed E-state index contributed by atoms with van der Waals surface area (Å²) in [5.41, 5.74) is 1.71. The van der Waals surface area contributed by atoms with Gasteiger partial charge in [0.15, 0.2) is 0 Å². The maximum atomic E-state index is 12.8. The summed E-state index contributed by atoms with van der Waals surface area (Å²) >= 11 is 0. The van der Waals surface area contributed by atoms with E-state index in [2.05, 4.69) is 9.97 Å². The van der Waals surface area contributed by atoms with Crippen LogP contribution in [0.2, 0.25) is 0 Å². The first-order chi connectivity index (χ1) is 7.70. The molecule has 0 bridgehead atoms. The molecule has 1 aromatic carbocycles. The predicted octanol–water partition coefficient (Wildman–Crippen LogP) is 1.98. The lowest BCUT2D eigenvalue weighted by Crippen LogP contribution is -2.06. The summed E-state index contributed by atoms with van der Waals surface area (Å²) in [5, 5.41) is 9.37. The van der Waals surface area contributed by atoms with Crippen LogP contribution in [0.3, 0.4) is 0 Å². The van der Waals surface area contributed by atoms with Crippen LogP contribution < -0.4 is 0 Å². The lowest BCUT2D eigenvalue weighted by Gasteiger charge is -2.12. The van der Waals surface area contributed by atoms with Crippen LogP contribution in [0.25, 0.3) is 0 Å². The minimum atomic E-state index is -0.277. The zero-order valence-electron chi connectivity index (χ0n) is 8.94. The second kappa shape index (κ2) is 4.45. The Hall–Kier alpha value is -1.68. The molecule has 0 radical (unpaired) electrons. The molecule has 4 heteroatoms. The van der Waals surface area contributed by atoms with Crippen LogP contribution in [0.4, 0.5) is 4.39 Å². The van der Waals surface area contributed by atoms with E-state index in [1.165, 1.54) is 12.1 Å². The fourth-order valence-electron chi connectivity index (χ4n) is 1.70. The first-order valence-corrected chi connectivity index (χ1v) is 5.08. The lowest BCUT2D eigenvalue weighted by molar-refractivity contribution is 0.279. The van der Waals surface area contributed by atoms with Gasteiger partial charge in [-0.3, -0.25) is 0 Å². The van der Waals surface area contributed by atoms with E-state index < -0.39 is 0 Å². The standard InChI is InChI=1S/C12H13FN2O/c1-8-14-6-12(15-8)11(7-16)9-2-4-10(13)5-3-9/h2-6,11,16H,7H2,1H3,(H,14,15). The molecule has 0 fully saturated rings. The highest BCUT2D eigenvalue weighted by Gasteiger charge is 2.15. The number of halogens is 1. The molecule has 2 rings (SSSR count). The number of aromatic amines is 1. The summed E-state index contributed by atoms with van der Waals surface area (Å²) in [6, 6.07) is 6.13. The van der Waals surface area contributed by atoms with E-state index in [-0.39, 0.29) is 18.3 Å². The first-order valence-electron chi connectivity index (χ1n) is 5.08. The molecule has 1 aromatic heterocycles. The van der Waals surface area contributed by atoms with E-state index >= 15 is 0 Å². The molecule has 0 aliphatic rings. The van der Waals surface area contributed by atoms with Crippen LogP contribution >= 0.6 is 0 Å². The summed E-state index contributed by atoms with van der Waals surface area (Å²) in [6.07, 6.45) is 1.69. The number of imidazole rings is 1. The highest BCUT2D eigenvalue weighted by atomic mass is 19.1. The van der Waals surface area contributed by atoms with Crippen molar-refractivity contribution in [3.8, 4) is 0 Å². The molecule has 2 aromatic rings. The third-order valence-electron chi connectivity index (χ3n) is 2.55. The largest absolute Gasteiger partial charge is 0.395 e. The highest BCUT2D eigenvalue weighted by Crippen LogP contribution is 2.22. The molecule has 3 nitrogen and oxygen atoms in total. The molecule has 16 heavy (non-hydrogen) atoms.